The summed E-state index contributed by atoms with van der Waals surface area (Å²) in [6, 6.07) is 16.1. The third-order valence-electron chi connectivity index (χ3n) is 4.69. The van der Waals surface area contributed by atoms with Gasteiger partial charge in [0.15, 0.2) is 4.80 Å². The number of aryl methyl sites for hydroxylation is 1. The third-order valence-corrected chi connectivity index (χ3v) is 7.43. The summed E-state index contributed by atoms with van der Waals surface area (Å²) in [4.78, 5) is 27.8. The quantitative estimate of drug-likeness (QED) is 0.321. The highest BCUT2D eigenvalue weighted by atomic mass is 35.5. The SMILES string of the molecule is Cn1c(=NC(=O)c2cccc(NS(=O)(=O)c3ccc(Cl)cc3)c2)sc2cc([N+](=O)[O-])ccc21. The summed E-state index contributed by atoms with van der Waals surface area (Å²) in [5.74, 6) is -0.584. The van der Waals surface area contributed by atoms with Crippen LogP contribution in [0, 0.1) is 10.1 Å². The van der Waals surface area contributed by atoms with Crippen molar-refractivity contribution in [3.63, 3.8) is 0 Å². The lowest BCUT2D eigenvalue weighted by atomic mass is 10.2. The van der Waals surface area contributed by atoms with Gasteiger partial charge in [-0.3, -0.25) is 19.6 Å². The molecule has 0 atom stereocenters. The van der Waals surface area contributed by atoms with Crippen LogP contribution in [0.4, 0.5) is 11.4 Å². The van der Waals surface area contributed by atoms with Crippen LogP contribution in [0.2, 0.25) is 5.02 Å². The van der Waals surface area contributed by atoms with Crippen LogP contribution < -0.4 is 9.52 Å². The average molecular weight is 503 g/mol. The van der Waals surface area contributed by atoms with Crippen molar-refractivity contribution < 1.29 is 18.1 Å². The third kappa shape index (κ3) is 4.80. The number of sulfonamides is 1. The number of nitro groups is 1. The lowest BCUT2D eigenvalue weighted by molar-refractivity contribution is -0.384. The number of hydrogen-bond acceptors (Lipinski definition) is 6. The molecule has 1 aromatic heterocycles. The van der Waals surface area contributed by atoms with Gasteiger partial charge in [-0.15, -0.1) is 0 Å². The van der Waals surface area contributed by atoms with E-state index in [2.05, 4.69) is 9.71 Å². The molecule has 0 fully saturated rings. The molecular weight excluding hydrogens is 488 g/mol. The number of thiazole rings is 1. The zero-order chi connectivity index (χ0) is 23.8. The maximum atomic E-state index is 12.8. The second-order valence-corrected chi connectivity index (χ2v) is 10.0. The number of carbonyl (C=O) groups is 1. The number of amides is 1. The lowest BCUT2D eigenvalue weighted by Gasteiger charge is -2.09. The summed E-state index contributed by atoms with van der Waals surface area (Å²) < 4.78 is 29.9. The first-order valence-corrected chi connectivity index (χ1v) is 12.0. The molecule has 0 unspecified atom stereocenters. The summed E-state index contributed by atoms with van der Waals surface area (Å²) >= 11 is 6.95. The Morgan fingerprint density at radius 1 is 1.12 bits per heavy atom. The molecule has 0 saturated heterocycles. The fourth-order valence-corrected chi connectivity index (χ4v) is 5.26. The number of halogens is 1. The maximum absolute atomic E-state index is 12.8. The molecule has 0 spiro atoms. The Hall–Kier alpha value is -3.54. The van der Waals surface area contributed by atoms with E-state index in [1.807, 2.05) is 0 Å². The van der Waals surface area contributed by atoms with E-state index in [0.29, 0.717) is 20.0 Å². The summed E-state index contributed by atoms with van der Waals surface area (Å²) in [5.41, 5.74) is 1.02. The van der Waals surface area contributed by atoms with Crippen molar-refractivity contribution >= 4 is 60.5 Å². The van der Waals surface area contributed by atoms with Crippen LogP contribution in [0.25, 0.3) is 10.2 Å². The first kappa shape index (κ1) is 22.6. The van der Waals surface area contributed by atoms with Gasteiger partial charge in [-0.25, -0.2) is 8.42 Å². The van der Waals surface area contributed by atoms with E-state index < -0.39 is 20.9 Å². The minimum absolute atomic E-state index is 0.0275. The van der Waals surface area contributed by atoms with Crippen molar-refractivity contribution in [2.24, 2.45) is 12.0 Å². The molecule has 1 amide bonds. The highest BCUT2D eigenvalue weighted by Crippen LogP contribution is 2.23. The van der Waals surface area contributed by atoms with E-state index >= 15 is 0 Å². The molecule has 4 rings (SSSR count). The number of rotatable bonds is 5. The van der Waals surface area contributed by atoms with Crippen LogP contribution in [0.15, 0.2) is 76.6 Å². The molecule has 1 N–H and O–H groups in total. The highest BCUT2D eigenvalue weighted by molar-refractivity contribution is 7.92. The summed E-state index contributed by atoms with van der Waals surface area (Å²) in [7, 11) is -2.17. The van der Waals surface area contributed by atoms with Gasteiger partial charge in [0.05, 0.1) is 20.0 Å². The number of hydrogen-bond donors (Lipinski definition) is 1. The van der Waals surface area contributed by atoms with Gasteiger partial charge in [-0.1, -0.05) is 29.0 Å². The molecule has 1 heterocycles. The van der Waals surface area contributed by atoms with Crippen molar-refractivity contribution in [3.8, 4) is 0 Å². The molecule has 0 bridgehead atoms. The van der Waals surface area contributed by atoms with E-state index in [1.54, 1.807) is 17.7 Å². The number of aromatic nitrogens is 1. The normalized spacial score (nSPS) is 12.1. The fraction of sp³-hybridized carbons (Fsp3) is 0.0476. The number of nitro benzene ring substituents is 1. The first-order chi connectivity index (χ1) is 15.6. The van der Waals surface area contributed by atoms with Crippen LogP contribution >= 0.6 is 22.9 Å². The van der Waals surface area contributed by atoms with E-state index in [9.17, 15) is 23.3 Å². The zero-order valence-corrected chi connectivity index (χ0v) is 19.3. The molecule has 0 radical (unpaired) electrons. The second kappa shape index (κ2) is 8.77. The monoisotopic (exact) mass is 502 g/mol. The smallest absolute Gasteiger partial charge is 0.279 e. The van der Waals surface area contributed by atoms with Gasteiger partial charge in [0.2, 0.25) is 0 Å². The largest absolute Gasteiger partial charge is 0.319 e. The van der Waals surface area contributed by atoms with Crippen molar-refractivity contribution in [3.05, 3.63) is 92.2 Å². The van der Waals surface area contributed by atoms with Crippen molar-refractivity contribution in [1.82, 2.24) is 4.57 Å². The Morgan fingerprint density at radius 2 is 1.85 bits per heavy atom. The minimum atomic E-state index is -3.87. The zero-order valence-electron chi connectivity index (χ0n) is 16.9. The topological polar surface area (TPSA) is 124 Å². The van der Waals surface area contributed by atoms with Crippen LogP contribution in [0.3, 0.4) is 0 Å². The van der Waals surface area contributed by atoms with E-state index in [4.69, 9.17) is 11.6 Å². The first-order valence-electron chi connectivity index (χ1n) is 9.35. The predicted octanol–water partition coefficient (Wildman–Crippen LogP) is 4.34. The summed E-state index contributed by atoms with van der Waals surface area (Å²) in [6.07, 6.45) is 0. The molecule has 168 valence electrons. The molecule has 12 heteroatoms. The molecule has 0 aliphatic carbocycles. The van der Waals surface area contributed by atoms with Gasteiger partial charge in [-0.05, 0) is 48.5 Å². The Morgan fingerprint density at radius 3 is 2.55 bits per heavy atom. The Balaban J connectivity index is 1.64. The number of fused-ring (bicyclic) bond motifs is 1. The second-order valence-electron chi connectivity index (χ2n) is 6.91. The number of non-ortho nitro benzene ring substituents is 1. The van der Waals surface area contributed by atoms with Crippen molar-refractivity contribution in [1.29, 1.82) is 0 Å². The van der Waals surface area contributed by atoms with Crippen LogP contribution in [-0.2, 0) is 17.1 Å². The fourth-order valence-electron chi connectivity index (χ4n) is 3.04. The van der Waals surface area contributed by atoms with Gasteiger partial charge in [0.25, 0.3) is 21.6 Å². The van der Waals surface area contributed by atoms with Gasteiger partial charge in [-0.2, -0.15) is 4.99 Å². The van der Waals surface area contributed by atoms with Gasteiger partial charge >= 0.3 is 0 Å². The number of nitrogens with one attached hydrogen (secondary N) is 1. The van der Waals surface area contributed by atoms with Crippen LogP contribution in [-0.4, -0.2) is 23.8 Å². The number of benzene rings is 3. The van der Waals surface area contributed by atoms with Gasteiger partial charge < -0.3 is 4.57 Å². The molecule has 0 saturated carbocycles. The van der Waals surface area contributed by atoms with E-state index in [0.717, 1.165) is 11.3 Å². The molecular formula is C21H15ClN4O5S2. The number of anilines is 1. The number of carbonyl (C=O) groups excluding carboxylic acids is 1. The van der Waals surface area contributed by atoms with Crippen molar-refractivity contribution in [2.75, 3.05) is 4.72 Å². The Bertz CT molecular complexity index is 1570. The molecule has 3 aromatic carbocycles. The average Bonchev–Trinajstić information content (AvgIpc) is 3.08. The summed E-state index contributed by atoms with van der Waals surface area (Å²) in [6.45, 7) is 0. The Labute approximate surface area is 196 Å². The highest BCUT2D eigenvalue weighted by Gasteiger charge is 2.16. The Kier molecular flexibility index (Phi) is 6.02. The maximum Gasteiger partial charge on any atom is 0.279 e. The summed E-state index contributed by atoms with van der Waals surface area (Å²) in [5, 5.41) is 11.4. The molecule has 33 heavy (non-hydrogen) atoms. The molecule has 0 aliphatic heterocycles. The molecule has 4 aromatic rings. The van der Waals surface area contributed by atoms with Crippen LogP contribution in [0.1, 0.15) is 10.4 Å². The minimum Gasteiger partial charge on any atom is -0.319 e. The molecule has 9 nitrogen and oxygen atoms in total. The van der Waals surface area contributed by atoms with Gasteiger partial charge in [0, 0.05) is 35.5 Å². The van der Waals surface area contributed by atoms with E-state index in [-0.39, 0.29) is 21.8 Å². The standard InChI is InChI=1S/C21H15ClN4O5S2/c1-25-18-10-7-16(26(28)29)12-19(18)32-21(25)23-20(27)13-3-2-4-15(11-13)24-33(30,31)17-8-5-14(22)6-9-17/h2-12,24H,1H3. The lowest BCUT2D eigenvalue weighted by Crippen LogP contribution is -2.14. The van der Waals surface area contributed by atoms with Gasteiger partial charge in [0.1, 0.15) is 0 Å². The van der Waals surface area contributed by atoms with Crippen molar-refractivity contribution in [2.45, 2.75) is 4.90 Å². The van der Waals surface area contributed by atoms with Crippen LogP contribution in [0.5, 0.6) is 0 Å². The predicted molar refractivity (Wildman–Crippen MR) is 126 cm³/mol. The van der Waals surface area contributed by atoms with E-state index in [1.165, 1.54) is 60.7 Å². The number of nitrogens with zero attached hydrogens (tertiary/aromatic N) is 3. The molecule has 0 aliphatic rings.